The van der Waals surface area contributed by atoms with Crippen LogP contribution in [0.3, 0.4) is 0 Å². The molecular weight excluding hydrogens is 300 g/mol. The minimum absolute atomic E-state index is 0.0761. The van der Waals surface area contributed by atoms with E-state index < -0.39 is 5.97 Å². The van der Waals surface area contributed by atoms with Crippen molar-refractivity contribution in [1.29, 1.82) is 0 Å². The Bertz CT molecular complexity index is 431. The number of carboxylic acids is 1. The van der Waals surface area contributed by atoms with Crippen molar-refractivity contribution in [3.63, 3.8) is 0 Å². The fraction of sp³-hybridized carbons (Fsp3) is 0.667. The molecule has 1 unspecified atom stereocenters. The van der Waals surface area contributed by atoms with Crippen molar-refractivity contribution >= 4 is 41.3 Å². The van der Waals surface area contributed by atoms with E-state index in [1.165, 1.54) is 34.7 Å². The molecule has 4 nitrogen and oxygen atoms in total. The Labute approximate surface area is 126 Å². The third-order valence-corrected chi connectivity index (χ3v) is 6.66. The van der Waals surface area contributed by atoms with Gasteiger partial charge in [0.1, 0.15) is 0 Å². The van der Waals surface area contributed by atoms with Crippen molar-refractivity contribution in [2.24, 2.45) is 0 Å². The zero-order valence-corrected chi connectivity index (χ0v) is 13.3. The average Bonchev–Trinajstić information content (AvgIpc) is 2.80. The smallest absolute Gasteiger partial charge is 0.313 e. The van der Waals surface area contributed by atoms with Crippen molar-refractivity contribution < 1.29 is 9.90 Å². The van der Waals surface area contributed by atoms with Gasteiger partial charge in [-0.15, -0.1) is 0 Å². The first-order valence-electron chi connectivity index (χ1n) is 6.29. The summed E-state index contributed by atoms with van der Waals surface area (Å²) in [6.07, 6.45) is 2.82. The molecule has 0 aliphatic carbocycles. The number of carboxylic acid groups (broad SMARTS) is 1. The summed E-state index contributed by atoms with van der Waals surface area (Å²) < 4.78 is 2.21. The van der Waals surface area contributed by atoms with E-state index in [2.05, 4.69) is 16.5 Å². The normalized spacial score (nSPS) is 19.5. The van der Waals surface area contributed by atoms with Gasteiger partial charge in [0.2, 0.25) is 0 Å². The number of hydrogen-bond acceptors (Lipinski definition) is 5. The molecule has 1 aliphatic rings. The van der Waals surface area contributed by atoms with Crippen LogP contribution in [0.1, 0.15) is 12.6 Å². The zero-order valence-electron chi connectivity index (χ0n) is 10.9. The molecule has 2 rings (SSSR count). The van der Waals surface area contributed by atoms with Gasteiger partial charge in [0.15, 0.2) is 5.16 Å². The summed E-state index contributed by atoms with van der Waals surface area (Å²) >= 11 is 5.34. The standard InChI is InChI=1S/C12H18N2O2S3/c1-2-9-5-13-12(19-8-11(15)16)14(9)6-10-7-17-3-4-18-10/h5,10H,2-4,6-8H2,1H3,(H,15,16). The van der Waals surface area contributed by atoms with Gasteiger partial charge in [0.25, 0.3) is 0 Å². The van der Waals surface area contributed by atoms with Gasteiger partial charge in [-0.05, 0) is 6.42 Å². The fourth-order valence-corrected chi connectivity index (χ4v) is 5.34. The van der Waals surface area contributed by atoms with Gasteiger partial charge in [-0.25, -0.2) is 4.98 Å². The maximum atomic E-state index is 10.7. The number of thioether (sulfide) groups is 3. The van der Waals surface area contributed by atoms with Gasteiger partial charge in [-0.1, -0.05) is 18.7 Å². The van der Waals surface area contributed by atoms with E-state index in [1.54, 1.807) is 0 Å². The predicted molar refractivity (Wildman–Crippen MR) is 83.5 cm³/mol. The van der Waals surface area contributed by atoms with Crippen LogP contribution in [0.2, 0.25) is 0 Å². The van der Waals surface area contributed by atoms with Crippen LogP contribution < -0.4 is 0 Å². The van der Waals surface area contributed by atoms with E-state index in [1.807, 2.05) is 29.7 Å². The van der Waals surface area contributed by atoms with Crippen LogP contribution in [0.25, 0.3) is 0 Å². The number of carbonyl (C=O) groups is 1. The van der Waals surface area contributed by atoms with Gasteiger partial charge in [-0.3, -0.25) is 4.79 Å². The average molecular weight is 318 g/mol. The SMILES string of the molecule is CCc1cnc(SCC(=O)O)n1CC1CSCCS1. The quantitative estimate of drug-likeness (QED) is 0.813. The molecule has 1 atom stereocenters. The van der Waals surface area contributed by atoms with Crippen molar-refractivity contribution in [1.82, 2.24) is 9.55 Å². The molecule has 1 aromatic heterocycles. The van der Waals surface area contributed by atoms with Gasteiger partial charge in [0, 0.05) is 40.9 Å². The van der Waals surface area contributed by atoms with E-state index in [0.717, 1.165) is 18.1 Å². The molecule has 1 N–H and O–H groups in total. The Kier molecular flexibility index (Phi) is 5.97. The summed E-state index contributed by atoms with van der Waals surface area (Å²) in [5.74, 6) is 2.91. The number of aromatic nitrogens is 2. The third-order valence-electron chi connectivity index (χ3n) is 2.86. The number of imidazole rings is 1. The highest BCUT2D eigenvalue weighted by Gasteiger charge is 2.19. The van der Waals surface area contributed by atoms with Gasteiger partial charge < -0.3 is 9.67 Å². The summed E-state index contributed by atoms with van der Waals surface area (Å²) in [4.78, 5) is 15.1. The molecule has 7 heteroatoms. The van der Waals surface area contributed by atoms with Gasteiger partial charge >= 0.3 is 5.97 Å². The first-order valence-corrected chi connectivity index (χ1v) is 9.48. The molecule has 106 valence electrons. The lowest BCUT2D eigenvalue weighted by atomic mass is 10.3. The lowest BCUT2D eigenvalue weighted by Gasteiger charge is -2.23. The fourth-order valence-electron chi connectivity index (χ4n) is 1.96. The van der Waals surface area contributed by atoms with Crippen LogP contribution >= 0.6 is 35.3 Å². The Morgan fingerprint density at radius 1 is 1.63 bits per heavy atom. The summed E-state index contributed by atoms with van der Waals surface area (Å²) in [5, 5.41) is 10.2. The highest BCUT2D eigenvalue weighted by molar-refractivity contribution is 8.06. The molecule has 0 amide bonds. The van der Waals surface area contributed by atoms with Crippen LogP contribution in [0.4, 0.5) is 0 Å². The molecular formula is C12H18N2O2S3. The largest absolute Gasteiger partial charge is 0.481 e. The highest BCUT2D eigenvalue weighted by Crippen LogP contribution is 2.28. The summed E-state index contributed by atoms with van der Waals surface area (Å²) in [5.41, 5.74) is 1.20. The zero-order chi connectivity index (χ0) is 13.7. The number of nitrogens with zero attached hydrogens (tertiary/aromatic N) is 2. The molecule has 0 aromatic carbocycles. The molecule has 1 aromatic rings. The second-order valence-electron chi connectivity index (χ2n) is 4.25. The molecule has 0 spiro atoms. The summed E-state index contributed by atoms with van der Waals surface area (Å²) in [7, 11) is 0. The lowest BCUT2D eigenvalue weighted by molar-refractivity contribution is -0.133. The van der Waals surface area contributed by atoms with Crippen LogP contribution in [-0.4, -0.2) is 48.9 Å². The second kappa shape index (κ2) is 7.50. The van der Waals surface area contributed by atoms with Crippen LogP contribution in [0, 0.1) is 0 Å². The van der Waals surface area contributed by atoms with E-state index in [9.17, 15) is 4.79 Å². The molecule has 0 bridgehead atoms. The predicted octanol–water partition coefficient (Wildman–Crippen LogP) is 2.47. The summed E-state index contributed by atoms with van der Waals surface area (Å²) in [6, 6.07) is 0. The molecule has 1 saturated heterocycles. The highest BCUT2D eigenvalue weighted by atomic mass is 32.2. The van der Waals surface area contributed by atoms with Gasteiger partial charge in [0.05, 0.1) is 5.75 Å². The number of hydrogen-bond donors (Lipinski definition) is 1. The minimum Gasteiger partial charge on any atom is -0.481 e. The minimum atomic E-state index is -0.791. The number of rotatable bonds is 6. The molecule has 1 fully saturated rings. The Morgan fingerprint density at radius 3 is 3.11 bits per heavy atom. The van der Waals surface area contributed by atoms with Crippen molar-refractivity contribution in [2.45, 2.75) is 30.3 Å². The van der Waals surface area contributed by atoms with E-state index in [-0.39, 0.29) is 5.75 Å². The monoisotopic (exact) mass is 318 g/mol. The Morgan fingerprint density at radius 2 is 2.47 bits per heavy atom. The Balaban J connectivity index is 2.06. The van der Waals surface area contributed by atoms with Crippen molar-refractivity contribution in [2.75, 3.05) is 23.0 Å². The Hall–Kier alpha value is -0.270. The first kappa shape index (κ1) is 15.1. The molecule has 2 heterocycles. The second-order valence-corrected chi connectivity index (χ2v) is 7.75. The molecule has 0 saturated carbocycles. The first-order chi connectivity index (χ1) is 9.20. The topological polar surface area (TPSA) is 55.1 Å². The van der Waals surface area contributed by atoms with E-state index in [4.69, 9.17) is 5.11 Å². The van der Waals surface area contributed by atoms with Crippen molar-refractivity contribution in [3.05, 3.63) is 11.9 Å². The molecule has 0 radical (unpaired) electrons. The van der Waals surface area contributed by atoms with E-state index >= 15 is 0 Å². The third kappa shape index (κ3) is 4.36. The molecule has 19 heavy (non-hydrogen) atoms. The summed E-state index contributed by atoms with van der Waals surface area (Å²) in [6.45, 7) is 3.06. The van der Waals surface area contributed by atoms with E-state index in [0.29, 0.717) is 5.25 Å². The lowest BCUT2D eigenvalue weighted by Crippen LogP contribution is -2.22. The maximum absolute atomic E-state index is 10.7. The number of aliphatic carboxylic acids is 1. The molecule has 1 aliphatic heterocycles. The maximum Gasteiger partial charge on any atom is 0.313 e. The number of aryl methyl sites for hydroxylation is 1. The van der Waals surface area contributed by atoms with Crippen LogP contribution in [0.5, 0.6) is 0 Å². The van der Waals surface area contributed by atoms with Gasteiger partial charge in [-0.2, -0.15) is 23.5 Å². The van der Waals surface area contributed by atoms with Crippen LogP contribution in [-0.2, 0) is 17.8 Å². The van der Waals surface area contributed by atoms with Crippen LogP contribution in [0.15, 0.2) is 11.4 Å². The van der Waals surface area contributed by atoms with Crippen molar-refractivity contribution in [3.8, 4) is 0 Å².